The molecule has 0 N–H and O–H groups in total. The van der Waals surface area contributed by atoms with Crippen molar-refractivity contribution < 1.29 is 0 Å². The molecule has 90 valence electrons. The van der Waals surface area contributed by atoms with Crippen LogP contribution < -0.4 is 0 Å². The number of hydrogen-bond acceptors (Lipinski definition) is 3. The van der Waals surface area contributed by atoms with Crippen LogP contribution in [0.15, 0.2) is 12.9 Å². The zero-order valence-electron chi connectivity index (χ0n) is 9.44. The quantitative estimate of drug-likeness (QED) is 0.591. The van der Waals surface area contributed by atoms with Crippen LogP contribution in [0, 0.1) is 20.8 Å². The van der Waals surface area contributed by atoms with E-state index in [0.29, 0.717) is 0 Å². The Morgan fingerprint density at radius 3 is 1.76 bits per heavy atom. The highest BCUT2D eigenvalue weighted by Gasteiger charge is 2.18. The summed E-state index contributed by atoms with van der Waals surface area (Å²) in [6.45, 7) is 6.29. The third-order valence-corrected chi connectivity index (χ3v) is 6.43. The molecule has 0 bridgehead atoms. The number of rotatable bonds is 1. The molecule has 1 aromatic carbocycles. The Hall–Kier alpha value is 0.220. The van der Waals surface area contributed by atoms with Gasteiger partial charge in [-0.2, -0.15) is 0 Å². The van der Waals surface area contributed by atoms with Crippen LogP contribution in [0.4, 0.5) is 0 Å². The highest BCUT2D eigenvalue weighted by molar-refractivity contribution is 9.11. The largest absolute Gasteiger partial charge is 0.183 e. The van der Waals surface area contributed by atoms with Crippen molar-refractivity contribution in [3.63, 3.8) is 0 Å². The standard InChI is InChI=1S/C11H9Br3N2S/c1-4-7(10-15-16-11(14)17-10)5(2)9(13)6(3)8(4)12/h1-3H3. The number of hydrogen-bond donors (Lipinski definition) is 0. The summed E-state index contributed by atoms with van der Waals surface area (Å²) in [5.41, 5.74) is 4.77. The Morgan fingerprint density at radius 2 is 1.35 bits per heavy atom. The Kier molecular flexibility index (Phi) is 4.07. The van der Waals surface area contributed by atoms with Crippen LogP contribution in [0.25, 0.3) is 10.6 Å². The molecule has 0 aliphatic heterocycles. The van der Waals surface area contributed by atoms with Crippen molar-refractivity contribution in [1.82, 2.24) is 10.2 Å². The smallest absolute Gasteiger partial charge is 0.137 e. The molecule has 0 saturated heterocycles. The Labute approximate surface area is 129 Å². The van der Waals surface area contributed by atoms with E-state index in [2.05, 4.69) is 78.8 Å². The third kappa shape index (κ3) is 2.37. The van der Waals surface area contributed by atoms with E-state index in [0.717, 1.165) is 23.4 Å². The molecule has 1 heterocycles. The third-order valence-electron chi connectivity index (χ3n) is 2.68. The van der Waals surface area contributed by atoms with Crippen LogP contribution in [-0.4, -0.2) is 10.2 Å². The van der Waals surface area contributed by atoms with E-state index in [1.54, 1.807) is 11.3 Å². The minimum Gasteiger partial charge on any atom is -0.137 e. The second-order valence-corrected chi connectivity index (χ2v) is 7.58. The molecule has 0 aliphatic rings. The maximum Gasteiger partial charge on any atom is 0.183 e. The van der Waals surface area contributed by atoms with Crippen LogP contribution >= 0.6 is 59.1 Å². The minimum absolute atomic E-state index is 0.805. The van der Waals surface area contributed by atoms with Gasteiger partial charge < -0.3 is 0 Å². The van der Waals surface area contributed by atoms with Crippen molar-refractivity contribution in [2.45, 2.75) is 20.8 Å². The maximum absolute atomic E-state index is 4.20. The molecule has 6 heteroatoms. The molecule has 2 rings (SSSR count). The fraction of sp³-hybridized carbons (Fsp3) is 0.273. The molecular formula is C11H9Br3N2S. The summed E-state index contributed by atoms with van der Waals surface area (Å²) in [6, 6.07) is 0. The zero-order valence-corrected chi connectivity index (χ0v) is 15.0. The molecule has 0 amide bonds. The molecule has 17 heavy (non-hydrogen) atoms. The fourth-order valence-electron chi connectivity index (χ4n) is 1.79. The van der Waals surface area contributed by atoms with E-state index < -0.39 is 0 Å². The first-order valence-electron chi connectivity index (χ1n) is 4.87. The van der Waals surface area contributed by atoms with Crippen molar-refractivity contribution in [2.24, 2.45) is 0 Å². The summed E-state index contributed by atoms with van der Waals surface area (Å²) in [5.74, 6) is 0. The predicted octanol–water partition coefficient (Wildman–Crippen LogP) is 5.42. The molecule has 0 fully saturated rings. The average Bonchev–Trinajstić information content (AvgIpc) is 2.71. The summed E-state index contributed by atoms with van der Waals surface area (Å²) in [6.07, 6.45) is 0. The van der Waals surface area contributed by atoms with Gasteiger partial charge in [-0.15, -0.1) is 10.2 Å². The molecule has 2 aromatic rings. The van der Waals surface area contributed by atoms with Gasteiger partial charge in [-0.05, 0) is 53.4 Å². The molecule has 0 unspecified atom stereocenters. The zero-order chi connectivity index (χ0) is 12.7. The lowest BCUT2D eigenvalue weighted by Crippen LogP contribution is -1.94. The Morgan fingerprint density at radius 1 is 0.824 bits per heavy atom. The lowest BCUT2D eigenvalue weighted by atomic mass is 10.0. The monoisotopic (exact) mass is 438 g/mol. The molecule has 0 atom stereocenters. The van der Waals surface area contributed by atoms with Crippen molar-refractivity contribution in [3.8, 4) is 10.6 Å². The van der Waals surface area contributed by atoms with E-state index in [9.17, 15) is 0 Å². The first-order valence-corrected chi connectivity index (χ1v) is 8.07. The fourth-order valence-corrected chi connectivity index (χ4v) is 4.12. The Bertz CT molecular complexity index is 564. The first kappa shape index (κ1) is 13.6. The molecule has 2 nitrogen and oxygen atoms in total. The molecule has 1 aromatic heterocycles. The highest BCUT2D eigenvalue weighted by atomic mass is 79.9. The lowest BCUT2D eigenvalue weighted by molar-refractivity contribution is 1.07. The minimum atomic E-state index is 0.805. The van der Waals surface area contributed by atoms with Crippen molar-refractivity contribution in [2.75, 3.05) is 0 Å². The average molecular weight is 441 g/mol. The highest BCUT2D eigenvalue weighted by Crippen LogP contribution is 2.40. The second kappa shape index (κ2) is 5.07. The topological polar surface area (TPSA) is 25.8 Å². The van der Waals surface area contributed by atoms with E-state index in [-0.39, 0.29) is 0 Å². The second-order valence-electron chi connectivity index (χ2n) is 3.74. The van der Waals surface area contributed by atoms with E-state index >= 15 is 0 Å². The van der Waals surface area contributed by atoms with Crippen LogP contribution in [0.1, 0.15) is 16.7 Å². The summed E-state index contributed by atoms with van der Waals surface area (Å²) in [5, 5.41) is 9.15. The number of nitrogens with zero attached hydrogens (tertiary/aromatic N) is 2. The van der Waals surface area contributed by atoms with Crippen LogP contribution in [-0.2, 0) is 0 Å². The molecular weight excluding hydrogens is 432 g/mol. The van der Waals surface area contributed by atoms with Crippen molar-refractivity contribution in [3.05, 3.63) is 29.6 Å². The number of benzene rings is 1. The van der Waals surface area contributed by atoms with Gasteiger partial charge in [-0.1, -0.05) is 43.2 Å². The SMILES string of the molecule is Cc1c(Br)c(C)c(-c2nnc(Br)s2)c(C)c1Br. The van der Waals surface area contributed by atoms with E-state index in [1.165, 1.54) is 16.7 Å². The summed E-state index contributed by atoms with van der Waals surface area (Å²) in [4.78, 5) is 0. The van der Waals surface area contributed by atoms with Crippen LogP contribution in [0.3, 0.4) is 0 Å². The molecule has 0 spiro atoms. The summed E-state index contributed by atoms with van der Waals surface area (Å²) >= 11 is 12.2. The van der Waals surface area contributed by atoms with Gasteiger partial charge in [0.1, 0.15) is 5.01 Å². The van der Waals surface area contributed by atoms with Gasteiger partial charge in [-0.3, -0.25) is 0 Å². The molecule has 0 radical (unpaired) electrons. The van der Waals surface area contributed by atoms with Gasteiger partial charge in [0.25, 0.3) is 0 Å². The molecule has 0 aliphatic carbocycles. The van der Waals surface area contributed by atoms with Gasteiger partial charge in [0.2, 0.25) is 0 Å². The number of halogens is 3. The first-order chi connectivity index (χ1) is 7.93. The van der Waals surface area contributed by atoms with E-state index in [4.69, 9.17) is 0 Å². The van der Waals surface area contributed by atoms with Gasteiger partial charge in [-0.25, -0.2) is 0 Å². The van der Waals surface area contributed by atoms with E-state index in [1.807, 2.05) is 0 Å². The van der Waals surface area contributed by atoms with Crippen LogP contribution in [0.2, 0.25) is 0 Å². The van der Waals surface area contributed by atoms with Crippen molar-refractivity contribution in [1.29, 1.82) is 0 Å². The predicted molar refractivity (Wildman–Crippen MR) is 82.7 cm³/mol. The molecule has 0 saturated carbocycles. The Balaban J connectivity index is 2.78. The maximum atomic E-state index is 4.20. The lowest BCUT2D eigenvalue weighted by Gasteiger charge is -2.14. The summed E-state index contributed by atoms with van der Waals surface area (Å²) < 4.78 is 3.05. The van der Waals surface area contributed by atoms with Gasteiger partial charge >= 0.3 is 0 Å². The van der Waals surface area contributed by atoms with Crippen LogP contribution in [0.5, 0.6) is 0 Å². The van der Waals surface area contributed by atoms with Gasteiger partial charge in [0.15, 0.2) is 3.92 Å². The van der Waals surface area contributed by atoms with Crippen molar-refractivity contribution >= 4 is 59.1 Å². The normalized spacial score (nSPS) is 10.9. The van der Waals surface area contributed by atoms with Gasteiger partial charge in [0, 0.05) is 14.5 Å². The number of aromatic nitrogens is 2. The van der Waals surface area contributed by atoms with Gasteiger partial charge in [0.05, 0.1) is 0 Å². The summed E-state index contributed by atoms with van der Waals surface area (Å²) in [7, 11) is 0.